The highest BCUT2D eigenvalue weighted by molar-refractivity contribution is 4.97. The molecule has 15 heavy (non-hydrogen) atoms. The van der Waals surface area contributed by atoms with Crippen LogP contribution in [-0.4, -0.2) is 11.7 Å². The second-order valence-corrected chi connectivity index (χ2v) is 5.23. The Morgan fingerprint density at radius 3 is 2.27 bits per heavy atom. The van der Waals surface area contributed by atoms with Gasteiger partial charge in [0.1, 0.15) is 0 Å². The summed E-state index contributed by atoms with van der Waals surface area (Å²) in [5.41, 5.74) is 0.0409. The van der Waals surface area contributed by atoms with Crippen LogP contribution in [-0.2, 0) is 0 Å². The largest absolute Gasteiger partial charge is 0.395 e. The van der Waals surface area contributed by atoms with E-state index in [2.05, 4.69) is 19.1 Å². The lowest BCUT2D eigenvalue weighted by Crippen LogP contribution is -2.18. The summed E-state index contributed by atoms with van der Waals surface area (Å²) in [6, 6.07) is 0. The molecule has 88 valence electrons. The zero-order chi connectivity index (χ0) is 11.0. The van der Waals surface area contributed by atoms with Crippen molar-refractivity contribution in [3.63, 3.8) is 0 Å². The molecule has 1 nitrogen and oxygen atoms in total. The van der Waals surface area contributed by atoms with Gasteiger partial charge in [0, 0.05) is 5.41 Å². The van der Waals surface area contributed by atoms with Crippen molar-refractivity contribution >= 4 is 0 Å². The van der Waals surface area contributed by atoms with Crippen LogP contribution in [0.25, 0.3) is 0 Å². The molecule has 0 bridgehead atoms. The summed E-state index contributed by atoms with van der Waals surface area (Å²) < 4.78 is 0. The zero-order valence-corrected chi connectivity index (χ0v) is 10.2. The van der Waals surface area contributed by atoms with E-state index in [-0.39, 0.29) is 5.41 Å². The molecule has 0 amide bonds. The third-order valence-electron chi connectivity index (χ3n) is 3.50. The molecule has 0 aromatic carbocycles. The van der Waals surface area contributed by atoms with Crippen molar-refractivity contribution in [2.75, 3.05) is 6.61 Å². The van der Waals surface area contributed by atoms with Gasteiger partial charge in [-0.15, -0.1) is 0 Å². The maximum absolute atomic E-state index is 9.40. The Labute approximate surface area is 94.6 Å². The van der Waals surface area contributed by atoms with Crippen molar-refractivity contribution in [1.29, 1.82) is 0 Å². The van der Waals surface area contributed by atoms with Gasteiger partial charge in [0.05, 0.1) is 6.61 Å². The van der Waals surface area contributed by atoms with Gasteiger partial charge in [-0.25, -0.2) is 0 Å². The van der Waals surface area contributed by atoms with Gasteiger partial charge in [0.2, 0.25) is 0 Å². The van der Waals surface area contributed by atoms with Crippen LogP contribution in [0.15, 0.2) is 12.2 Å². The van der Waals surface area contributed by atoms with E-state index < -0.39 is 0 Å². The molecule has 1 aliphatic carbocycles. The lowest BCUT2D eigenvalue weighted by Gasteiger charge is -2.23. The van der Waals surface area contributed by atoms with Gasteiger partial charge >= 0.3 is 0 Å². The fraction of sp³-hybridized carbons (Fsp3) is 0.857. The van der Waals surface area contributed by atoms with Crippen LogP contribution in [0.3, 0.4) is 0 Å². The first-order valence-corrected chi connectivity index (χ1v) is 6.55. The highest BCUT2D eigenvalue weighted by atomic mass is 16.3. The first-order valence-electron chi connectivity index (χ1n) is 6.55. The van der Waals surface area contributed by atoms with E-state index in [4.69, 9.17) is 0 Å². The predicted octanol–water partition coefficient (Wildman–Crippen LogP) is 4.07. The predicted molar refractivity (Wildman–Crippen MR) is 65.9 cm³/mol. The topological polar surface area (TPSA) is 20.2 Å². The van der Waals surface area contributed by atoms with Gasteiger partial charge < -0.3 is 5.11 Å². The van der Waals surface area contributed by atoms with Gasteiger partial charge in [-0.1, -0.05) is 57.6 Å². The normalized spacial score (nSPS) is 32.7. The molecular weight excluding hydrogens is 184 g/mol. The summed E-state index contributed by atoms with van der Waals surface area (Å²) >= 11 is 0. The average Bonchev–Trinajstić information content (AvgIpc) is 2.23. The summed E-state index contributed by atoms with van der Waals surface area (Å²) in [6.45, 7) is 2.47. The van der Waals surface area contributed by atoms with Gasteiger partial charge in [0.25, 0.3) is 0 Å². The minimum absolute atomic E-state index is 0.0409. The van der Waals surface area contributed by atoms with Crippen LogP contribution in [0.5, 0.6) is 0 Å². The Kier molecular flexibility index (Phi) is 6.00. The molecule has 1 atom stereocenters. The fourth-order valence-electron chi connectivity index (χ4n) is 2.26. The second kappa shape index (κ2) is 7.05. The minimum atomic E-state index is 0.0409. The Bertz CT molecular complexity index is 186. The van der Waals surface area contributed by atoms with Crippen LogP contribution in [0.1, 0.15) is 64.7 Å². The molecule has 0 fully saturated rings. The van der Waals surface area contributed by atoms with E-state index in [1.165, 1.54) is 51.4 Å². The molecule has 0 saturated carbocycles. The highest BCUT2D eigenvalue weighted by Crippen LogP contribution is 2.27. The number of rotatable bonds is 1. The summed E-state index contributed by atoms with van der Waals surface area (Å²) in [7, 11) is 0. The van der Waals surface area contributed by atoms with Crippen molar-refractivity contribution in [2.24, 2.45) is 5.41 Å². The number of allylic oxidation sites excluding steroid dienone is 1. The molecule has 1 heteroatoms. The van der Waals surface area contributed by atoms with Crippen molar-refractivity contribution < 1.29 is 5.11 Å². The van der Waals surface area contributed by atoms with Gasteiger partial charge in [-0.2, -0.15) is 0 Å². The monoisotopic (exact) mass is 210 g/mol. The number of hydrogen-bond acceptors (Lipinski definition) is 1. The van der Waals surface area contributed by atoms with Crippen LogP contribution >= 0.6 is 0 Å². The molecule has 0 heterocycles. The summed E-state index contributed by atoms with van der Waals surface area (Å²) in [5, 5.41) is 9.40. The van der Waals surface area contributed by atoms with Crippen molar-refractivity contribution in [3.8, 4) is 0 Å². The molecule has 1 rings (SSSR count). The van der Waals surface area contributed by atoms with E-state index in [9.17, 15) is 5.11 Å². The standard InChI is InChI=1S/C14H26O/c1-14(13-15)11-9-7-5-3-2-4-6-8-10-12-14/h9,11,15H,2-8,10,12-13H2,1H3/b11-9-. The van der Waals surface area contributed by atoms with Gasteiger partial charge in [0.15, 0.2) is 0 Å². The lowest BCUT2D eigenvalue weighted by atomic mass is 9.84. The fourth-order valence-corrected chi connectivity index (χ4v) is 2.26. The molecule has 0 aromatic heterocycles. The molecule has 1 unspecified atom stereocenters. The molecule has 0 saturated heterocycles. The maximum Gasteiger partial charge on any atom is 0.0519 e. The maximum atomic E-state index is 9.40. The van der Waals surface area contributed by atoms with E-state index in [0.29, 0.717) is 6.61 Å². The Morgan fingerprint density at radius 2 is 1.60 bits per heavy atom. The molecule has 0 spiro atoms. The van der Waals surface area contributed by atoms with E-state index >= 15 is 0 Å². The quantitative estimate of drug-likeness (QED) is 0.647. The highest BCUT2D eigenvalue weighted by Gasteiger charge is 2.18. The minimum Gasteiger partial charge on any atom is -0.395 e. The van der Waals surface area contributed by atoms with Crippen LogP contribution in [0.4, 0.5) is 0 Å². The molecule has 0 aromatic rings. The molecular formula is C14H26O. The van der Waals surface area contributed by atoms with Crippen molar-refractivity contribution in [3.05, 3.63) is 12.2 Å². The van der Waals surface area contributed by atoms with Gasteiger partial charge in [-0.3, -0.25) is 0 Å². The lowest BCUT2D eigenvalue weighted by molar-refractivity contribution is 0.171. The number of hydrogen-bond donors (Lipinski definition) is 1. The third-order valence-corrected chi connectivity index (χ3v) is 3.50. The molecule has 0 radical (unpaired) electrons. The number of aliphatic hydroxyl groups excluding tert-OH is 1. The van der Waals surface area contributed by atoms with E-state index in [1.807, 2.05) is 0 Å². The Morgan fingerprint density at radius 1 is 1.00 bits per heavy atom. The Balaban J connectivity index is 2.44. The smallest absolute Gasteiger partial charge is 0.0519 e. The van der Waals surface area contributed by atoms with E-state index in [1.54, 1.807) is 0 Å². The van der Waals surface area contributed by atoms with Crippen molar-refractivity contribution in [2.45, 2.75) is 64.7 Å². The summed E-state index contributed by atoms with van der Waals surface area (Å²) in [4.78, 5) is 0. The molecule has 1 N–H and O–H groups in total. The second-order valence-electron chi connectivity index (χ2n) is 5.23. The average molecular weight is 210 g/mol. The number of aliphatic hydroxyl groups is 1. The van der Waals surface area contributed by atoms with Crippen LogP contribution < -0.4 is 0 Å². The SMILES string of the molecule is CC1(CO)/C=C\CCCCCCCCC1. The van der Waals surface area contributed by atoms with Crippen LogP contribution in [0, 0.1) is 5.41 Å². The summed E-state index contributed by atoms with van der Waals surface area (Å²) in [5.74, 6) is 0. The zero-order valence-electron chi connectivity index (χ0n) is 10.2. The molecule has 0 aliphatic heterocycles. The van der Waals surface area contributed by atoms with Crippen LogP contribution in [0.2, 0.25) is 0 Å². The van der Waals surface area contributed by atoms with Gasteiger partial charge in [-0.05, 0) is 19.3 Å². The summed E-state index contributed by atoms with van der Waals surface area (Å²) in [6.07, 6.45) is 16.3. The third kappa shape index (κ3) is 5.36. The van der Waals surface area contributed by atoms with Crippen molar-refractivity contribution in [1.82, 2.24) is 0 Å². The molecule has 1 aliphatic rings. The first kappa shape index (κ1) is 12.8. The Hall–Kier alpha value is -0.300. The van der Waals surface area contributed by atoms with E-state index in [0.717, 1.165) is 6.42 Å². The first-order chi connectivity index (χ1) is 7.27.